The van der Waals surface area contributed by atoms with Crippen LogP contribution < -0.4 is 15.4 Å². The molecule has 4 rings (SSSR count). The van der Waals surface area contributed by atoms with Crippen LogP contribution in [0.4, 0.5) is 10.5 Å². The molecule has 170 valence electrons. The molecule has 1 fully saturated rings. The summed E-state index contributed by atoms with van der Waals surface area (Å²) in [7, 11) is 0. The highest BCUT2D eigenvalue weighted by Gasteiger charge is 2.24. The number of nitrogens with zero attached hydrogens (tertiary/aromatic N) is 1. The number of ether oxygens (including phenoxy) is 1. The van der Waals surface area contributed by atoms with Crippen LogP contribution >= 0.6 is 0 Å². The quantitative estimate of drug-likeness (QED) is 0.566. The number of benzene rings is 3. The third-order valence-electron chi connectivity index (χ3n) is 5.74. The van der Waals surface area contributed by atoms with Gasteiger partial charge in [-0.2, -0.15) is 0 Å². The molecule has 6 nitrogen and oxygen atoms in total. The van der Waals surface area contributed by atoms with Gasteiger partial charge in [0.15, 0.2) is 6.61 Å². The van der Waals surface area contributed by atoms with E-state index in [4.69, 9.17) is 4.74 Å². The van der Waals surface area contributed by atoms with E-state index in [9.17, 15) is 9.59 Å². The van der Waals surface area contributed by atoms with Gasteiger partial charge >= 0.3 is 6.03 Å². The molecule has 0 aromatic heterocycles. The van der Waals surface area contributed by atoms with Crippen molar-refractivity contribution in [1.82, 2.24) is 10.2 Å². The van der Waals surface area contributed by atoms with Crippen LogP contribution in [0.15, 0.2) is 84.9 Å². The molecule has 1 saturated heterocycles. The molecule has 1 aliphatic heterocycles. The van der Waals surface area contributed by atoms with Gasteiger partial charge in [0.05, 0.1) is 0 Å². The minimum Gasteiger partial charge on any atom is -0.483 e. The van der Waals surface area contributed by atoms with E-state index in [0.717, 1.165) is 36.3 Å². The van der Waals surface area contributed by atoms with E-state index in [-0.39, 0.29) is 24.6 Å². The van der Waals surface area contributed by atoms with Crippen LogP contribution in [-0.2, 0) is 11.2 Å². The molecule has 6 heteroatoms. The number of amides is 3. The monoisotopic (exact) mass is 443 g/mol. The number of rotatable bonds is 7. The Labute approximate surface area is 194 Å². The highest BCUT2D eigenvalue weighted by atomic mass is 16.5. The Morgan fingerprint density at radius 1 is 0.848 bits per heavy atom. The van der Waals surface area contributed by atoms with Crippen LogP contribution in [-0.4, -0.2) is 42.6 Å². The molecule has 0 spiro atoms. The maximum Gasteiger partial charge on any atom is 0.321 e. The number of para-hydroxylation sites is 2. The first-order valence-corrected chi connectivity index (χ1v) is 11.3. The fourth-order valence-corrected chi connectivity index (χ4v) is 3.97. The van der Waals surface area contributed by atoms with E-state index in [1.807, 2.05) is 72.8 Å². The molecule has 3 aromatic carbocycles. The first-order valence-electron chi connectivity index (χ1n) is 11.3. The Bertz CT molecular complexity index is 1050. The summed E-state index contributed by atoms with van der Waals surface area (Å²) in [6, 6.07) is 27.4. The van der Waals surface area contributed by atoms with E-state index in [2.05, 4.69) is 22.8 Å². The predicted molar refractivity (Wildman–Crippen MR) is 129 cm³/mol. The van der Waals surface area contributed by atoms with Gasteiger partial charge in [0, 0.05) is 31.2 Å². The number of piperidine rings is 1. The van der Waals surface area contributed by atoms with Crippen molar-refractivity contribution in [2.45, 2.75) is 25.3 Å². The lowest BCUT2D eigenvalue weighted by molar-refractivity contribution is -0.124. The Morgan fingerprint density at radius 2 is 1.48 bits per heavy atom. The standard InChI is InChI=1S/C27H29N3O3/c31-26(20-33-25-14-8-7-11-22(25)19-21-9-3-1-4-10-21)28-24-15-17-30(18-16-24)27(32)29-23-12-5-2-6-13-23/h1-14,24H,15-20H2,(H,28,31)(H,29,32). The summed E-state index contributed by atoms with van der Waals surface area (Å²) >= 11 is 0. The number of anilines is 1. The topological polar surface area (TPSA) is 70.7 Å². The summed E-state index contributed by atoms with van der Waals surface area (Å²) in [6.45, 7) is 1.18. The van der Waals surface area contributed by atoms with Crippen LogP contribution in [0.2, 0.25) is 0 Å². The Hall–Kier alpha value is -3.80. The first-order chi connectivity index (χ1) is 16.2. The third-order valence-corrected chi connectivity index (χ3v) is 5.74. The van der Waals surface area contributed by atoms with Crippen molar-refractivity contribution in [2.75, 3.05) is 25.0 Å². The molecular weight excluding hydrogens is 414 g/mol. The number of hydrogen-bond donors (Lipinski definition) is 2. The van der Waals surface area contributed by atoms with Gasteiger partial charge in [0.2, 0.25) is 0 Å². The van der Waals surface area contributed by atoms with Gasteiger partial charge in [-0.3, -0.25) is 4.79 Å². The van der Waals surface area contributed by atoms with Crippen molar-refractivity contribution in [3.63, 3.8) is 0 Å². The lowest BCUT2D eigenvalue weighted by atomic mass is 10.0. The molecular formula is C27H29N3O3. The second kappa shape index (κ2) is 11.2. The molecule has 3 amide bonds. The summed E-state index contributed by atoms with van der Waals surface area (Å²) in [5.74, 6) is 0.584. The molecule has 0 bridgehead atoms. The Balaban J connectivity index is 1.22. The average Bonchev–Trinajstić information content (AvgIpc) is 2.85. The molecule has 1 aliphatic rings. The van der Waals surface area contributed by atoms with Gasteiger partial charge in [-0.1, -0.05) is 66.7 Å². The van der Waals surface area contributed by atoms with Gasteiger partial charge < -0.3 is 20.3 Å². The van der Waals surface area contributed by atoms with E-state index >= 15 is 0 Å². The normalized spacial score (nSPS) is 13.9. The second-order valence-corrected chi connectivity index (χ2v) is 8.18. The molecule has 0 saturated carbocycles. The molecule has 0 unspecified atom stereocenters. The second-order valence-electron chi connectivity index (χ2n) is 8.18. The molecule has 1 heterocycles. The zero-order valence-corrected chi connectivity index (χ0v) is 18.6. The number of nitrogens with one attached hydrogen (secondary N) is 2. The third kappa shape index (κ3) is 6.59. The minimum absolute atomic E-state index is 0.0273. The number of carbonyl (C=O) groups is 2. The fourth-order valence-electron chi connectivity index (χ4n) is 3.97. The van der Waals surface area contributed by atoms with Gasteiger partial charge in [0.1, 0.15) is 5.75 Å². The van der Waals surface area contributed by atoms with Crippen molar-refractivity contribution in [2.24, 2.45) is 0 Å². The largest absolute Gasteiger partial charge is 0.483 e. The van der Waals surface area contributed by atoms with Crippen LogP contribution in [0.3, 0.4) is 0 Å². The Morgan fingerprint density at radius 3 is 2.21 bits per heavy atom. The Kier molecular flexibility index (Phi) is 7.59. The lowest BCUT2D eigenvalue weighted by Crippen LogP contribution is -2.48. The molecule has 33 heavy (non-hydrogen) atoms. The minimum atomic E-state index is -0.142. The van der Waals surface area contributed by atoms with Crippen molar-refractivity contribution < 1.29 is 14.3 Å². The lowest BCUT2D eigenvalue weighted by Gasteiger charge is -2.32. The van der Waals surface area contributed by atoms with Crippen molar-refractivity contribution >= 4 is 17.6 Å². The zero-order chi connectivity index (χ0) is 22.9. The summed E-state index contributed by atoms with van der Waals surface area (Å²) in [5.41, 5.74) is 3.03. The first kappa shape index (κ1) is 22.4. The van der Waals surface area contributed by atoms with Gasteiger partial charge in [-0.15, -0.1) is 0 Å². The predicted octanol–water partition coefficient (Wildman–Crippen LogP) is 4.47. The summed E-state index contributed by atoms with van der Waals surface area (Å²) in [5, 5.41) is 5.95. The maximum atomic E-state index is 12.5. The number of urea groups is 1. The van der Waals surface area contributed by atoms with E-state index in [0.29, 0.717) is 13.1 Å². The fraction of sp³-hybridized carbons (Fsp3) is 0.259. The van der Waals surface area contributed by atoms with Crippen LogP contribution in [0.5, 0.6) is 5.75 Å². The van der Waals surface area contributed by atoms with Gasteiger partial charge in [-0.25, -0.2) is 4.79 Å². The number of carbonyl (C=O) groups excluding carboxylic acids is 2. The maximum absolute atomic E-state index is 12.5. The molecule has 2 N–H and O–H groups in total. The van der Waals surface area contributed by atoms with E-state index in [1.165, 1.54) is 5.56 Å². The van der Waals surface area contributed by atoms with Gasteiger partial charge in [0.25, 0.3) is 5.91 Å². The van der Waals surface area contributed by atoms with E-state index < -0.39 is 0 Å². The smallest absolute Gasteiger partial charge is 0.321 e. The van der Waals surface area contributed by atoms with Crippen LogP contribution in [0, 0.1) is 0 Å². The van der Waals surface area contributed by atoms with Crippen molar-refractivity contribution in [3.05, 3.63) is 96.1 Å². The molecule has 0 atom stereocenters. The highest BCUT2D eigenvalue weighted by Crippen LogP contribution is 2.21. The summed E-state index contributed by atoms with van der Waals surface area (Å²) in [4.78, 5) is 26.7. The molecule has 3 aromatic rings. The summed E-state index contributed by atoms with van der Waals surface area (Å²) < 4.78 is 5.85. The molecule has 0 radical (unpaired) electrons. The SMILES string of the molecule is O=C(COc1ccccc1Cc1ccccc1)NC1CCN(C(=O)Nc2ccccc2)CC1. The van der Waals surface area contributed by atoms with Crippen molar-refractivity contribution in [1.29, 1.82) is 0 Å². The highest BCUT2D eigenvalue weighted by molar-refractivity contribution is 5.89. The zero-order valence-electron chi connectivity index (χ0n) is 18.6. The van der Waals surface area contributed by atoms with E-state index in [1.54, 1.807) is 4.90 Å². The van der Waals surface area contributed by atoms with Gasteiger partial charge in [-0.05, 0) is 42.2 Å². The summed E-state index contributed by atoms with van der Waals surface area (Å²) in [6.07, 6.45) is 2.19. The molecule has 0 aliphatic carbocycles. The number of hydrogen-bond acceptors (Lipinski definition) is 3. The van der Waals surface area contributed by atoms with Crippen molar-refractivity contribution in [3.8, 4) is 5.75 Å². The average molecular weight is 444 g/mol. The van der Waals surface area contributed by atoms with Crippen LogP contribution in [0.1, 0.15) is 24.0 Å². The van der Waals surface area contributed by atoms with Crippen LogP contribution in [0.25, 0.3) is 0 Å². The number of likely N-dealkylation sites (tertiary alicyclic amines) is 1.